The van der Waals surface area contributed by atoms with E-state index in [-0.39, 0.29) is 23.6 Å². The van der Waals surface area contributed by atoms with Gasteiger partial charge in [0.25, 0.3) is 0 Å². The zero-order chi connectivity index (χ0) is 14.0. The first-order chi connectivity index (χ1) is 8.12. The average molecular weight is 276 g/mol. The van der Waals surface area contributed by atoms with E-state index in [2.05, 4.69) is 5.32 Å². The number of nitrogens with one attached hydrogen (secondary N) is 1. The third kappa shape index (κ3) is 4.57. The number of hydrogen-bond acceptors (Lipinski definition) is 4. The molecule has 1 amide bonds. The third-order valence-electron chi connectivity index (χ3n) is 3.51. The SMILES string of the molecule is CC(CS(C)(=O)=O)NC(=O)C1CCCCC1(C)N. The summed E-state index contributed by atoms with van der Waals surface area (Å²) < 4.78 is 22.3. The average Bonchev–Trinajstić information content (AvgIpc) is 2.12. The highest BCUT2D eigenvalue weighted by Crippen LogP contribution is 2.31. The lowest BCUT2D eigenvalue weighted by Crippen LogP contribution is -2.54. The monoisotopic (exact) mass is 276 g/mol. The van der Waals surface area contributed by atoms with Gasteiger partial charge in [-0.15, -0.1) is 0 Å². The minimum absolute atomic E-state index is 0.0350. The van der Waals surface area contributed by atoms with Crippen molar-refractivity contribution in [2.75, 3.05) is 12.0 Å². The molecule has 0 aliphatic heterocycles. The van der Waals surface area contributed by atoms with Gasteiger partial charge in [0.2, 0.25) is 5.91 Å². The molecular weight excluding hydrogens is 252 g/mol. The second-order valence-electron chi connectivity index (χ2n) is 5.81. The van der Waals surface area contributed by atoms with Gasteiger partial charge in [0.1, 0.15) is 9.84 Å². The van der Waals surface area contributed by atoms with Crippen molar-refractivity contribution in [1.29, 1.82) is 0 Å². The number of hydrogen-bond donors (Lipinski definition) is 2. The topological polar surface area (TPSA) is 89.3 Å². The second kappa shape index (κ2) is 5.57. The van der Waals surface area contributed by atoms with Crippen molar-refractivity contribution in [3.63, 3.8) is 0 Å². The number of nitrogens with two attached hydrogens (primary N) is 1. The first-order valence-corrected chi connectivity index (χ1v) is 8.45. The van der Waals surface area contributed by atoms with Gasteiger partial charge >= 0.3 is 0 Å². The summed E-state index contributed by atoms with van der Waals surface area (Å²) in [5.74, 6) is -0.365. The van der Waals surface area contributed by atoms with E-state index >= 15 is 0 Å². The molecule has 0 heterocycles. The Morgan fingerprint density at radius 1 is 1.50 bits per heavy atom. The van der Waals surface area contributed by atoms with Crippen LogP contribution in [-0.2, 0) is 14.6 Å². The molecule has 0 bridgehead atoms. The fraction of sp³-hybridized carbons (Fsp3) is 0.917. The third-order valence-corrected chi connectivity index (χ3v) is 4.62. The Morgan fingerprint density at radius 3 is 2.61 bits per heavy atom. The highest BCUT2D eigenvalue weighted by atomic mass is 32.2. The van der Waals surface area contributed by atoms with Gasteiger partial charge in [0, 0.05) is 17.8 Å². The lowest BCUT2D eigenvalue weighted by atomic mass is 9.74. The molecule has 0 aromatic heterocycles. The molecule has 3 unspecified atom stereocenters. The van der Waals surface area contributed by atoms with E-state index in [0.717, 1.165) is 25.7 Å². The zero-order valence-corrected chi connectivity index (χ0v) is 12.2. The minimum Gasteiger partial charge on any atom is -0.352 e. The van der Waals surface area contributed by atoms with Crippen molar-refractivity contribution < 1.29 is 13.2 Å². The van der Waals surface area contributed by atoms with Crippen molar-refractivity contribution in [2.24, 2.45) is 11.7 Å². The molecule has 0 spiro atoms. The predicted molar refractivity (Wildman–Crippen MR) is 71.9 cm³/mol. The number of amides is 1. The van der Waals surface area contributed by atoms with Crippen LogP contribution in [0.25, 0.3) is 0 Å². The summed E-state index contributed by atoms with van der Waals surface area (Å²) in [6.07, 6.45) is 4.85. The van der Waals surface area contributed by atoms with Crippen LogP contribution < -0.4 is 11.1 Å². The van der Waals surface area contributed by atoms with Crippen LogP contribution in [0.1, 0.15) is 39.5 Å². The molecule has 5 nitrogen and oxygen atoms in total. The smallest absolute Gasteiger partial charge is 0.225 e. The Morgan fingerprint density at radius 2 is 2.11 bits per heavy atom. The van der Waals surface area contributed by atoms with Gasteiger partial charge in [-0.25, -0.2) is 8.42 Å². The molecule has 0 aromatic rings. The molecule has 1 aliphatic carbocycles. The molecule has 0 aromatic carbocycles. The van der Waals surface area contributed by atoms with Gasteiger partial charge in [-0.05, 0) is 26.7 Å². The Kier molecular flexibility index (Phi) is 4.78. The molecule has 106 valence electrons. The van der Waals surface area contributed by atoms with Crippen molar-refractivity contribution >= 4 is 15.7 Å². The molecule has 1 rings (SSSR count). The van der Waals surface area contributed by atoms with Gasteiger partial charge in [-0.2, -0.15) is 0 Å². The summed E-state index contributed by atoms with van der Waals surface area (Å²) in [5.41, 5.74) is 5.67. The largest absolute Gasteiger partial charge is 0.352 e. The maximum atomic E-state index is 12.1. The van der Waals surface area contributed by atoms with Crippen molar-refractivity contribution in [3.8, 4) is 0 Å². The maximum absolute atomic E-state index is 12.1. The second-order valence-corrected chi connectivity index (χ2v) is 7.99. The Balaban J connectivity index is 2.59. The summed E-state index contributed by atoms with van der Waals surface area (Å²) in [5, 5.41) is 2.76. The van der Waals surface area contributed by atoms with Gasteiger partial charge in [0.15, 0.2) is 0 Å². The van der Waals surface area contributed by atoms with E-state index in [1.54, 1.807) is 6.92 Å². The van der Waals surface area contributed by atoms with Crippen LogP contribution in [0, 0.1) is 5.92 Å². The fourth-order valence-corrected chi connectivity index (χ4v) is 3.62. The van der Waals surface area contributed by atoms with Crippen LogP contribution in [0.3, 0.4) is 0 Å². The van der Waals surface area contributed by atoms with Crippen LogP contribution in [0.2, 0.25) is 0 Å². The molecule has 3 N–H and O–H groups in total. The summed E-state index contributed by atoms with van der Waals surface area (Å²) in [4.78, 5) is 12.1. The Hall–Kier alpha value is -0.620. The molecule has 1 aliphatic rings. The molecule has 3 atom stereocenters. The Labute approximate surface area is 109 Å². The van der Waals surface area contributed by atoms with E-state index in [1.807, 2.05) is 6.92 Å². The highest BCUT2D eigenvalue weighted by molar-refractivity contribution is 7.90. The molecule has 0 radical (unpaired) electrons. The maximum Gasteiger partial charge on any atom is 0.225 e. The van der Waals surface area contributed by atoms with Crippen LogP contribution in [0.5, 0.6) is 0 Å². The molecule has 1 saturated carbocycles. The molecule has 1 fully saturated rings. The van der Waals surface area contributed by atoms with Gasteiger partial charge in [0.05, 0.1) is 11.7 Å². The zero-order valence-electron chi connectivity index (χ0n) is 11.4. The predicted octanol–water partition coefficient (Wildman–Crippen LogP) is 0.443. The number of carbonyl (C=O) groups is 1. The van der Waals surface area contributed by atoms with Gasteiger partial charge in [-0.1, -0.05) is 12.8 Å². The van der Waals surface area contributed by atoms with Gasteiger partial charge in [-0.3, -0.25) is 4.79 Å². The fourth-order valence-electron chi connectivity index (χ4n) is 2.63. The first kappa shape index (κ1) is 15.4. The first-order valence-electron chi connectivity index (χ1n) is 6.39. The lowest BCUT2D eigenvalue weighted by molar-refractivity contribution is -0.128. The Bertz CT molecular complexity index is 404. The summed E-state index contributed by atoms with van der Waals surface area (Å²) in [7, 11) is -3.07. The van der Waals surface area contributed by atoms with Crippen LogP contribution in [-0.4, -0.2) is 37.9 Å². The summed E-state index contributed by atoms with van der Waals surface area (Å²) in [6, 6.07) is -0.370. The summed E-state index contributed by atoms with van der Waals surface area (Å²) in [6.45, 7) is 3.60. The van der Waals surface area contributed by atoms with Crippen LogP contribution in [0.4, 0.5) is 0 Å². The van der Waals surface area contributed by atoms with E-state index in [0.29, 0.717) is 0 Å². The van der Waals surface area contributed by atoms with E-state index in [4.69, 9.17) is 5.73 Å². The molecule has 18 heavy (non-hydrogen) atoms. The van der Waals surface area contributed by atoms with E-state index in [9.17, 15) is 13.2 Å². The lowest BCUT2D eigenvalue weighted by Gasteiger charge is -2.37. The van der Waals surface area contributed by atoms with Gasteiger partial charge < -0.3 is 11.1 Å². The van der Waals surface area contributed by atoms with E-state index in [1.165, 1.54) is 6.26 Å². The molecule has 6 heteroatoms. The molecular formula is C12H24N2O3S. The quantitative estimate of drug-likeness (QED) is 0.780. The standard InChI is InChI=1S/C12H24N2O3S/c1-9(8-18(3,16)17)14-11(15)10-6-4-5-7-12(10,2)13/h9-10H,4-8,13H2,1-3H3,(H,14,15). The van der Waals surface area contributed by atoms with Crippen molar-refractivity contribution in [3.05, 3.63) is 0 Å². The van der Waals surface area contributed by atoms with E-state index < -0.39 is 15.4 Å². The molecule has 0 saturated heterocycles. The minimum atomic E-state index is -3.07. The summed E-state index contributed by atoms with van der Waals surface area (Å²) >= 11 is 0. The highest BCUT2D eigenvalue weighted by Gasteiger charge is 2.38. The van der Waals surface area contributed by atoms with Crippen molar-refractivity contribution in [2.45, 2.75) is 51.1 Å². The normalized spacial score (nSPS) is 30.8. The van der Waals surface area contributed by atoms with Crippen molar-refractivity contribution in [1.82, 2.24) is 5.32 Å². The number of rotatable bonds is 4. The van der Waals surface area contributed by atoms with Crippen LogP contribution >= 0.6 is 0 Å². The number of sulfone groups is 1. The van der Waals surface area contributed by atoms with Crippen LogP contribution in [0.15, 0.2) is 0 Å². The number of carbonyl (C=O) groups excluding carboxylic acids is 1.